The van der Waals surface area contributed by atoms with E-state index in [1.54, 1.807) is 7.11 Å². The lowest BCUT2D eigenvalue weighted by Crippen LogP contribution is -2.55. The van der Waals surface area contributed by atoms with Gasteiger partial charge >= 0.3 is 0 Å². The molecule has 1 atom stereocenters. The van der Waals surface area contributed by atoms with Gasteiger partial charge in [0.25, 0.3) is 0 Å². The van der Waals surface area contributed by atoms with Gasteiger partial charge in [-0.1, -0.05) is 19.1 Å². The number of benzene rings is 2. The number of hydrogen-bond acceptors (Lipinski definition) is 4. The minimum atomic E-state index is -0.358. The van der Waals surface area contributed by atoms with Gasteiger partial charge in [0.05, 0.1) is 25.3 Å². The standard InChI is InChI=1S/C28H34FN3O3/c1-4-25(34)32-18-28(11-13-31(14-12-28)16-19-5-7-20(29)8-6-19)26-22-10-9-21(35-3)15-23(22)30(2)27(26)24(32)17-33/h5-10,15,24,33H,4,11-14,16-18H2,1-3H3/t24-/m1/s1. The number of methoxy groups -OCH3 is 1. The molecule has 5 rings (SSSR count). The molecule has 2 aliphatic heterocycles. The maximum atomic E-state index is 13.3. The number of carbonyl (C=O) groups excluding carboxylic acids is 1. The number of nitrogens with zero attached hydrogens (tertiary/aromatic N) is 3. The summed E-state index contributed by atoms with van der Waals surface area (Å²) < 4.78 is 21.0. The molecule has 186 valence electrons. The van der Waals surface area contributed by atoms with Crippen molar-refractivity contribution in [2.45, 2.75) is 44.2 Å². The highest BCUT2D eigenvalue weighted by atomic mass is 19.1. The smallest absolute Gasteiger partial charge is 0.222 e. The normalized spacial score (nSPS) is 19.8. The van der Waals surface area contributed by atoms with Crippen LogP contribution >= 0.6 is 0 Å². The summed E-state index contributed by atoms with van der Waals surface area (Å²) in [5.74, 6) is 0.652. The van der Waals surface area contributed by atoms with E-state index in [0.29, 0.717) is 13.0 Å². The summed E-state index contributed by atoms with van der Waals surface area (Å²) in [7, 11) is 3.70. The number of amides is 1. The van der Waals surface area contributed by atoms with Crippen molar-refractivity contribution in [3.8, 4) is 5.75 Å². The van der Waals surface area contributed by atoms with Crippen LogP contribution in [0.4, 0.5) is 4.39 Å². The van der Waals surface area contributed by atoms with Gasteiger partial charge in [0, 0.05) is 49.1 Å². The fraction of sp³-hybridized carbons (Fsp3) is 0.464. The fourth-order valence-corrected chi connectivity index (χ4v) is 6.22. The summed E-state index contributed by atoms with van der Waals surface area (Å²) in [5, 5.41) is 11.6. The van der Waals surface area contributed by atoms with Crippen molar-refractivity contribution < 1.29 is 19.0 Å². The van der Waals surface area contributed by atoms with Gasteiger partial charge in [-0.3, -0.25) is 9.69 Å². The van der Waals surface area contributed by atoms with E-state index in [2.05, 4.69) is 15.5 Å². The number of aliphatic hydroxyl groups is 1. The van der Waals surface area contributed by atoms with Crippen LogP contribution in [0.1, 0.15) is 49.0 Å². The average Bonchev–Trinajstić information content (AvgIpc) is 3.18. The minimum absolute atomic E-state index is 0.0747. The molecule has 3 aromatic rings. The first-order valence-corrected chi connectivity index (χ1v) is 12.4. The van der Waals surface area contributed by atoms with Gasteiger partial charge in [-0.2, -0.15) is 0 Å². The third-order valence-electron chi connectivity index (χ3n) is 8.08. The predicted molar refractivity (Wildman–Crippen MR) is 134 cm³/mol. The highest BCUT2D eigenvalue weighted by Gasteiger charge is 2.49. The largest absolute Gasteiger partial charge is 0.497 e. The van der Waals surface area contributed by atoms with E-state index in [1.165, 1.54) is 23.1 Å². The Morgan fingerprint density at radius 3 is 2.51 bits per heavy atom. The molecule has 1 aromatic heterocycles. The zero-order valence-electron chi connectivity index (χ0n) is 20.8. The average molecular weight is 480 g/mol. The second-order valence-corrected chi connectivity index (χ2v) is 9.96. The zero-order valence-corrected chi connectivity index (χ0v) is 20.8. The van der Waals surface area contributed by atoms with Crippen LogP contribution in [-0.2, 0) is 23.8 Å². The van der Waals surface area contributed by atoms with Crippen LogP contribution in [0.2, 0.25) is 0 Å². The molecule has 1 amide bonds. The molecule has 1 N–H and O–H groups in total. The molecule has 6 nitrogen and oxygen atoms in total. The fourth-order valence-electron chi connectivity index (χ4n) is 6.22. The molecule has 0 saturated carbocycles. The summed E-state index contributed by atoms with van der Waals surface area (Å²) in [6.45, 7) is 4.96. The van der Waals surface area contributed by atoms with Crippen LogP contribution in [-0.4, -0.2) is 58.7 Å². The van der Waals surface area contributed by atoms with Gasteiger partial charge in [-0.05, 0) is 61.3 Å². The molecular formula is C28H34FN3O3. The molecule has 1 spiro atoms. The second kappa shape index (κ2) is 9.28. The Bertz CT molecular complexity index is 1230. The summed E-state index contributed by atoms with van der Waals surface area (Å²) in [6.07, 6.45) is 2.24. The number of likely N-dealkylation sites (tertiary alicyclic amines) is 1. The number of fused-ring (bicyclic) bond motifs is 4. The van der Waals surface area contributed by atoms with Crippen molar-refractivity contribution >= 4 is 16.8 Å². The van der Waals surface area contributed by atoms with Crippen molar-refractivity contribution in [1.29, 1.82) is 0 Å². The molecule has 3 heterocycles. The molecule has 2 aliphatic rings. The van der Waals surface area contributed by atoms with Crippen molar-refractivity contribution in [3.05, 3.63) is 65.1 Å². The van der Waals surface area contributed by atoms with Crippen molar-refractivity contribution in [1.82, 2.24) is 14.4 Å². The summed E-state index contributed by atoms with van der Waals surface area (Å²) in [5.41, 5.74) is 4.30. The van der Waals surface area contributed by atoms with E-state index in [4.69, 9.17) is 4.74 Å². The molecule has 1 fully saturated rings. The van der Waals surface area contributed by atoms with Crippen LogP contribution in [0.3, 0.4) is 0 Å². The number of halogens is 1. The van der Waals surface area contributed by atoms with Crippen LogP contribution in [0.25, 0.3) is 10.9 Å². The van der Waals surface area contributed by atoms with E-state index >= 15 is 0 Å². The molecule has 0 bridgehead atoms. The third-order valence-corrected chi connectivity index (χ3v) is 8.08. The first kappa shape index (κ1) is 23.8. The minimum Gasteiger partial charge on any atom is -0.497 e. The second-order valence-electron chi connectivity index (χ2n) is 9.96. The van der Waals surface area contributed by atoms with E-state index in [1.807, 2.05) is 43.1 Å². The lowest BCUT2D eigenvalue weighted by atomic mass is 9.68. The molecule has 0 radical (unpaired) electrons. The Morgan fingerprint density at radius 2 is 1.89 bits per heavy atom. The Balaban J connectivity index is 1.55. The van der Waals surface area contributed by atoms with Gasteiger partial charge in [-0.25, -0.2) is 4.39 Å². The maximum Gasteiger partial charge on any atom is 0.222 e. The molecule has 1 saturated heterocycles. The molecule has 7 heteroatoms. The highest BCUT2D eigenvalue weighted by molar-refractivity contribution is 5.89. The molecule has 0 unspecified atom stereocenters. The SMILES string of the molecule is CCC(=O)N1CC2(CCN(Cc3ccc(F)cc3)CC2)c2c(n(C)c3cc(OC)ccc23)[C@H]1CO. The number of aliphatic hydroxyl groups excluding tert-OH is 1. The lowest BCUT2D eigenvalue weighted by molar-refractivity contribution is -0.137. The predicted octanol–water partition coefficient (Wildman–Crippen LogP) is 4.15. The van der Waals surface area contributed by atoms with Crippen molar-refractivity contribution in [3.63, 3.8) is 0 Å². The van der Waals surface area contributed by atoms with Crippen LogP contribution < -0.4 is 4.74 Å². The number of hydrogen-bond donors (Lipinski definition) is 1. The van der Waals surface area contributed by atoms with Crippen LogP contribution in [0.15, 0.2) is 42.5 Å². The van der Waals surface area contributed by atoms with Gasteiger partial charge < -0.3 is 19.3 Å². The van der Waals surface area contributed by atoms with E-state index < -0.39 is 0 Å². The monoisotopic (exact) mass is 479 g/mol. The maximum absolute atomic E-state index is 13.3. The quantitative estimate of drug-likeness (QED) is 0.598. The number of aryl methyl sites for hydroxylation is 1. The number of rotatable bonds is 5. The van der Waals surface area contributed by atoms with E-state index in [9.17, 15) is 14.3 Å². The molecular weight excluding hydrogens is 445 g/mol. The van der Waals surface area contributed by atoms with E-state index in [-0.39, 0.29) is 29.8 Å². The van der Waals surface area contributed by atoms with Crippen LogP contribution in [0.5, 0.6) is 5.75 Å². The Morgan fingerprint density at radius 1 is 1.17 bits per heavy atom. The Kier molecular flexibility index (Phi) is 6.32. The number of ether oxygens (including phenoxy) is 1. The van der Waals surface area contributed by atoms with E-state index in [0.717, 1.165) is 55.0 Å². The van der Waals surface area contributed by atoms with Crippen LogP contribution in [0, 0.1) is 5.82 Å². The van der Waals surface area contributed by atoms with Crippen molar-refractivity contribution in [2.75, 3.05) is 33.4 Å². The zero-order chi connectivity index (χ0) is 24.7. The Hall–Kier alpha value is -2.90. The highest BCUT2D eigenvalue weighted by Crippen LogP contribution is 2.50. The first-order valence-electron chi connectivity index (χ1n) is 12.4. The molecule has 0 aliphatic carbocycles. The summed E-state index contributed by atoms with van der Waals surface area (Å²) >= 11 is 0. The third kappa shape index (κ3) is 4.00. The first-order chi connectivity index (χ1) is 16.9. The van der Waals surface area contributed by atoms with Gasteiger partial charge in [-0.15, -0.1) is 0 Å². The number of piperidine rings is 1. The molecule has 35 heavy (non-hydrogen) atoms. The van der Waals surface area contributed by atoms with Gasteiger partial charge in [0.15, 0.2) is 0 Å². The Labute approximate surface area is 205 Å². The van der Waals surface area contributed by atoms with Gasteiger partial charge in [0.1, 0.15) is 11.6 Å². The number of aromatic nitrogens is 1. The number of carbonyl (C=O) groups is 1. The van der Waals surface area contributed by atoms with Crippen molar-refractivity contribution in [2.24, 2.45) is 7.05 Å². The molecule has 2 aromatic carbocycles. The lowest BCUT2D eigenvalue weighted by Gasteiger charge is -2.50. The summed E-state index contributed by atoms with van der Waals surface area (Å²) in [4.78, 5) is 17.4. The van der Waals surface area contributed by atoms with Gasteiger partial charge in [0.2, 0.25) is 5.91 Å². The topological polar surface area (TPSA) is 57.9 Å². The summed E-state index contributed by atoms with van der Waals surface area (Å²) in [6, 6.07) is 12.6.